The van der Waals surface area contributed by atoms with Crippen molar-refractivity contribution in [3.8, 4) is 0 Å². The number of carbonyl (C=O) groups excluding carboxylic acids is 1. The number of aryl methyl sites for hydroxylation is 1. The van der Waals surface area contributed by atoms with Gasteiger partial charge in [0.15, 0.2) is 5.13 Å². The molecule has 5 aliphatic rings. The maximum atomic E-state index is 13.1. The largest absolute Gasteiger partial charge is 0.301 e. The minimum atomic E-state index is -0.0613. The Labute approximate surface area is 142 Å². The van der Waals surface area contributed by atoms with Gasteiger partial charge in [-0.1, -0.05) is 6.92 Å². The van der Waals surface area contributed by atoms with Crippen molar-refractivity contribution in [2.24, 2.45) is 29.1 Å². The van der Waals surface area contributed by atoms with Crippen LogP contribution in [-0.4, -0.2) is 10.9 Å². The molecule has 1 N–H and O–H groups in total. The van der Waals surface area contributed by atoms with Crippen molar-refractivity contribution in [1.29, 1.82) is 0 Å². The van der Waals surface area contributed by atoms with Gasteiger partial charge in [-0.25, -0.2) is 4.98 Å². The summed E-state index contributed by atoms with van der Waals surface area (Å²) in [5.74, 6) is 3.50. The first-order chi connectivity index (χ1) is 11.1. The summed E-state index contributed by atoms with van der Waals surface area (Å²) >= 11 is 1.73. The number of anilines is 1. The van der Waals surface area contributed by atoms with Crippen LogP contribution in [0.1, 0.15) is 62.4 Å². The number of aromatic nitrogens is 1. The van der Waals surface area contributed by atoms with Crippen molar-refractivity contribution in [3.63, 3.8) is 0 Å². The Balaban J connectivity index is 1.36. The summed E-state index contributed by atoms with van der Waals surface area (Å²) in [5, 5.41) is 4.11. The minimum Gasteiger partial charge on any atom is -0.301 e. The van der Waals surface area contributed by atoms with E-state index in [1.165, 1.54) is 36.3 Å². The van der Waals surface area contributed by atoms with Gasteiger partial charge in [-0.3, -0.25) is 4.79 Å². The van der Waals surface area contributed by atoms with Crippen molar-refractivity contribution >= 4 is 22.4 Å². The third kappa shape index (κ3) is 2.36. The van der Waals surface area contributed by atoms with Crippen LogP contribution in [0.3, 0.4) is 0 Å². The first-order valence-corrected chi connectivity index (χ1v) is 10.2. The molecule has 4 fully saturated rings. The van der Waals surface area contributed by atoms with E-state index in [2.05, 4.69) is 12.2 Å². The Morgan fingerprint density at radius 1 is 1.17 bits per heavy atom. The van der Waals surface area contributed by atoms with E-state index >= 15 is 0 Å². The number of carbonyl (C=O) groups is 1. The Bertz CT molecular complexity index is 615. The highest BCUT2D eigenvalue weighted by Crippen LogP contribution is 2.60. The summed E-state index contributed by atoms with van der Waals surface area (Å²) in [7, 11) is 0. The van der Waals surface area contributed by atoms with Gasteiger partial charge in [0, 0.05) is 4.88 Å². The number of nitrogens with zero attached hydrogens (tertiary/aromatic N) is 1. The van der Waals surface area contributed by atoms with E-state index in [0.29, 0.717) is 0 Å². The fourth-order valence-electron chi connectivity index (χ4n) is 6.21. The summed E-state index contributed by atoms with van der Waals surface area (Å²) in [5.41, 5.74) is 1.18. The predicted octanol–water partition coefficient (Wildman–Crippen LogP) is 4.42. The molecule has 3 nitrogen and oxygen atoms in total. The van der Waals surface area contributed by atoms with Crippen LogP contribution in [0.2, 0.25) is 0 Å². The molecule has 0 aromatic carbocycles. The lowest BCUT2D eigenvalue weighted by Crippen LogP contribution is -2.51. The third-order valence-electron chi connectivity index (χ3n) is 6.93. The van der Waals surface area contributed by atoms with Crippen molar-refractivity contribution in [3.05, 3.63) is 10.6 Å². The number of amides is 1. The van der Waals surface area contributed by atoms with Gasteiger partial charge in [0.2, 0.25) is 5.91 Å². The topological polar surface area (TPSA) is 42.0 Å². The molecule has 0 saturated heterocycles. The Hall–Kier alpha value is -0.900. The summed E-state index contributed by atoms with van der Waals surface area (Å²) in [4.78, 5) is 19.2. The summed E-state index contributed by atoms with van der Waals surface area (Å²) in [6.45, 7) is 2.32. The fraction of sp³-hybridized carbons (Fsp3) is 0.789. The van der Waals surface area contributed by atoms with Crippen LogP contribution in [-0.2, 0) is 17.6 Å². The Morgan fingerprint density at radius 2 is 1.83 bits per heavy atom. The number of rotatable bonds is 2. The van der Waals surface area contributed by atoms with Gasteiger partial charge < -0.3 is 5.32 Å². The molecule has 23 heavy (non-hydrogen) atoms. The van der Waals surface area contributed by atoms with Crippen LogP contribution in [0.25, 0.3) is 0 Å². The molecule has 1 heterocycles. The minimum absolute atomic E-state index is 0.0613. The molecule has 1 amide bonds. The number of thiazole rings is 1. The molecular formula is C19H26N2OS. The maximum Gasteiger partial charge on any atom is 0.232 e. The standard InChI is InChI=1S/C19H26N2OS/c1-11-2-3-15-16(4-11)23-18(20-15)21-17(22)19-8-12-5-13(9-19)7-14(6-12)10-19/h11-14H,2-10H2,1H3,(H,20,21,22)/t11-,12?,13?,14?,19?/m0/s1. The van der Waals surface area contributed by atoms with Crippen LogP contribution < -0.4 is 5.32 Å². The average molecular weight is 330 g/mol. The third-order valence-corrected chi connectivity index (χ3v) is 7.96. The number of nitrogens with one attached hydrogen (secondary N) is 1. The van der Waals surface area contributed by atoms with Gasteiger partial charge in [0.25, 0.3) is 0 Å². The highest BCUT2D eigenvalue weighted by Gasteiger charge is 2.54. The molecule has 124 valence electrons. The van der Waals surface area contributed by atoms with Gasteiger partial charge in [-0.15, -0.1) is 11.3 Å². The average Bonchev–Trinajstić information content (AvgIpc) is 2.87. The molecule has 0 aliphatic heterocycles. The molecule has 1 aromatic heterocycles. The van der Waals surface area contributed by atoms with Crippen molar-refractivity contribution in [2.75, 3.05) is 5.32 Å². The van der Waals surface area contributed by atoms with E-state index in [1.807, 2.05) is 0 Å². The van der Waals surface area contributed by atoms with E-state index in [0.717, 1.165) is 60.9 Å². The van der Waals surface area contributed by atoms with Crippen LogP contribution in [0.15, 0.2) is 0 Å². The van der Waals surface area contributed by atoms with Gasteiger partial charge >= 0.3 is 0 Å². The van der Waals surface area contributed by atoms with Crippen LogP contribution in [0.4, 0.5) is 5.13 Å². The van der Waals surface area contributed by atoms with Gasteiger partial charge in [-0.05, 0) is 81.5 Å². The SMILES string of the molecule is C[C@H]1CCc2nc(NC(=O)C34CC5CC(CC(C5)C3)C4)sc2C1. The van der Waals surface area contributed by atoms with Crippen LogP contribution in [0, 0.1) is 29.1 Å². The lowest BCUT2D eigenvalue weighted by atomic mass is 9.49. The molecule has 0 radical (unpaired) electrons. The zero-order chi connectivity index (χ0) is 15.6. The number of hydrogen-bond acceptors (Lipinski definition) is 3. The molecular weight excluding hydrogens is 304 g/mol. The summed E-state index contributed by atoms with van der Waals surface area (Å²) < 4.78 is 0. The molecule has 0 spiro atoms. The molecule has 6 rings (SSSR count). The van der Waals surface area contributed by atoms with E-state index in [9.17, 15) is 4.79 Å². The highest BCUT2D eigenvalue weighted by molar-refractivity contribution is 7.15. The zero-order valence-electron chi connectivity index (χ0n) is 13.9. The number of fused-ring (bicyclic) bond motifs is 1. The lowest BCUT2D eigenvalue weighted by molar-refractivity contribution is -0.140. The molecule has 5 aliphatic carbocycles. The monoisotopic (exact) mass is 330 g/mol. The molecule has 0 unspecified atom stereocenters. The van der Waals surface area contributed by atoms with E-state index < -0.39 is 0 Å². The van der Waals surface area contributed by atoms with Crippen molar-refractivity contribution in [2.45, 2.75) is 64.7 Å². The quantitative estimate of drug-likeness (QED) is 0.872. The maximum absolute atomic E-state index is 13.1. The molecule has 4 heteroatoms. The Morgan fingerprint density at radius 3 is 2.48 bits per heavy atom. The van der Waals surface area contributed by atoms with Crippen molar-refractivity contribution in [1.82, 2.24) is 4.98 Å². The first-order valence-electron chi connectivity index (χ1n) is 9.40. The predicted molar refractivity (Wildman–Crippen MR) is 92.5 cm³/mol. The van der Waals surface area contributed by atoms with Crippen LogP contribution in [0.5, 0.6) is 0 Å². The first kappa shape index (κ1) is 14.4. The molecule has 4 saturated carbocycles. The van der Waals surface area contributed by atoms with Gasteiger partial charge in [0.05, 0.1) is 11.1 Å². The highest BCUT2D eigenvalue weighted by atomic mass is 32.1. The van der Waals surface area contributed by atoms with Crippen LogP contribution >= 0.6 is 11.3 Å². The Kier molecular flexibility index (Phi) is 3.17. The lowest BCUT2D eigenvalue weighted by Gasteiger charge is -2.55. The summed E-state index contributed by atoms with van der Waals surface area (Å²) in [6.07, 6.45) is 11.0. The molecule has 1 aromatic rings. The second-order valence-electron chi connectivity index (χ2n) is 8.89. The van der Waals surface area contributed by atoms with E-state index in [-0.39, 0.29) is 11.3 Å². The van der Waals surface area contributed by atoms with E-state index in [1.54, 1.807) is 11.3 Å². The molecule has 1 atom stereocenters. The summed E-state index contributed by atoms with van der Waals surface area (Å²) in [6, 6.07) is 0. The zero-order valence-corrected chi connectivity index (χ0v) is 14.8. The normalized spacial score (nSPS) is 40.9. The van der Waals surface area contributed by atoms with Crippen molar-refractivity contribution < 1.29 is 4.79 Å². The number of hydrogen-bond donors (Lipinski definition) is 1. The molecule has 4 bridgehead atoms. The second kappa shape index (κ2) is 5.05. The van der Waals surface area contributed by atoms with E-state index in [4.69, 9.17) is 4.98 Å². The van der Waals surface area contributed by atoms with Gasteiger partial charge in [-0.2, -0.15) is 0 Å². The van der Waals surface area contributed by atoms with Gasteiger partial charge in [0.1, 0.15) is 0 Å². The fourth-order valence-corrected chi connectivity index (χ4v) is 7.38. The second-order valence-corrected chi connectivity index (χ2v) is 9.97. The smallest absolute Gasteiger partial charge is 0.232 e.